The number of nitrogens with one attached hydrogen (secondary N) is 3. The molecule has 0 bridgehead atoms. The largest absolute Gasteiger partial charge is 0.355 e. The van der Waals surface area contributed by atoms with Crippen LogP contribution in [-0.2, 0) is 9.59 Å². The zero-order valence-corrected chi connectivity index (χ0v) is 12.2. The molecule has 2 amide bonds. The average molecular weight is 290 g/mol. The highest BCUT2D eigenvalue weighted by molar-refractivity contribution is 5.85. The number of carbonyl (C=O) groups excluding carboxylic acids is 2. The molecule has 0 aromatic heterocycles. The van der Waals surface area contributed by atoms with Crippen molar-refractivity contribution in [3.05, 3.63) is 0 Å². The predicted octanol–water partition coefficient (Wildman–Crippen LogP) is 0.581. The van der Waals surface area contributed by atoms with E-state index < -0.39 is 0 Å². The van der Waals surface area contributed by atoms with Gasteiger partial charge in [-0.1, -0.05) is 12.8 Å². The number of rotatable bonds is 4. The summed E-state index contributed by atoms with van der Waals surface area (Å²) in [6.07, 6.45) is 6.02. The second kappa shape index (κ2) is 7.70. The lowest BCUT2D eigenvalue weighted by Crippen LogP contribution is -2.45. The monoisotopic (exact) mass is 289 g/mol. The Morgan fingerprint density at radius 3 is 2.53 bits per heavy atom. The molecule has 3 atom stereocenters. The Kier molecular flexibility index (Phi) is 6.58. The Morgan fingerprint density at radius 1 is 1.16 bits per heavy atom. The van der Waals surface area contributed by atoms with Gasteiger partial charge in [0.15, 0.2) is 0 Å². The summed E-state index contributed by atoms with van der Waals surface area (Å²) >= 11 is 0. The van der Waals surface area contributed by atoms with Gasteiger partial charge in [-0.2, -0.15) is 0 Å². The van der Waals surface area contributed by atoms with Gasteiger partial charge < -0.3 is 16.0 Å². The maximum atomic E-state index is 11.9. The second-order valence-electron chi connectivity index (χ2n) is 5.38. The quantitative estimate of drug-likeness (QED) is 0.663. The van der Waals surface area contributed by atoms with Gasteiger partial charge in [-0.3, -0.25) is 9.59 Å². The minimum Gasteiger partial charge on any atom is -0.355 e. The van der Waals surface area contributed by atoms with E-state index in [4.69, 9.17) is 0 Å². The maximum Gasteiger partial charge on any atom is 0.237 e. The average Bonchev–Trinajstić information content (AvgIpc) is 2.78. The van der Waals surface area contributed by atoms with Crippen molar-refractivity contribution in [2.75, 3.05) is 13.1 Å². The van der Waals surface area contributed by atoms with E-state index in [2.05, 4.69) is 16.0 Å². The van der Waals surface area contributed by atoms with E-state index in [1.54, 1.807) is 0 Å². The Hall–Kier alpha value is -0.810. The first-order valence-electron chi connectivity index (χ1n) is 6.95. The molecule has 1 saturated carbocycles. The molecule has 1 saturated heterocycles. The topological polar surface area (TPSA) is 70.2 Å². The maximum absolute atomic E-state index is 11.9. The molecule has 110 valence electrons. The number of amides is 2. The van der Waals surface area contributed by atoms with Gasteiger partial charge in [0.25, 0.3) is 0 Å². The lowest BCUT2D eigenvalue weighted by molar-refractivity contribution is -0.123. The fraction of sp³-hybridized carbons (Fsp3) is 0.846. The highest BCUT2D eigenvalue weighted by Crippen LogP contribution is 2.33. The van der Waals surface area contributed by atoms with Crippen molar-refractivity contribution in [1.82, 2.24) is 16.0 Å². The molecule has 0 aromatic carbocycles. The number of hydrogen-bond acceptors (Lipinski definition) is 3. The van der Waals surface area contributed by atoms with Crippen molar-refractivity contribution in [3.8, 4) is 0 Å². The Labute approximate surface area is 120 Å². The first-order valence-corrected chi connectivity index (χ1v) is 6.95. The standard InChI is InChI=1S/C13H23N3O2.ClH/c1-9(17)14-6-7-15-13(18)12-8-10-4-2-3-5-11(10)16-12;/h10-12,16H,2-8H2,1H3,(H,14,17)(H,15,18);1H. The molecular weight excluding hydrogens is 266 g/mol. The van der Waals surface area contributed by atoms with E-state index in [9.17, 15) is 9.59 Å². The van der Waals surface area contributed by atoms with E-state index in [0.29, 0.717) is 25.0 Å². The van der Waals surface area contributed by atoms with Gasteiger partial charge in [0.1, 0.15) is 0 Å². The van der Waals surface area contributed by atoms with E-state index in [1.165, 1.54) is 32.6 Å². The summed E-state index contributed by atoms with van der Waals surface area (Å²) in [7, 11) is 0. The van der Waals surface area contributed by atoms with Crippen LogP contribution >= 0.6 is 12.4 Å². The summed E-state index contributed by atoms with van der Waals surface area (Å²) < 4.78 is 0. The molecule has 19 heavy (non-hydrogen) atoms. The number of fused-ring (bicyclic) bond motifs is 1. The van der Waals surface area contributed by atoms with Gasteiger partial charge in [-0.05, 0) is 25.2 Å². The Morgan fingerprint density at radius 2 is 1.84 bits per heavy atom. The lowest BCUT2D eigenvalue weighted by atomic mass is 9.85. The van der Waals surface area contributed by atoms with Crippen LogP contribution in [0, 0.1) is 5.92 Å². The number of carbonyl (C=O) groups is 2. The Balaban J connectivity index is 0.00000180. The molecule has 2 aliphatic rings. The van der Waals surface area contributed by atoms with Crippen molar-refractivity contribution in [2.24, 2.45) is 5.92 Å². The summed E-state index contributed by atoms with van der Waals surface area (Å²) in [6.45, 7) is 2.48. The zero-order chi connectivity index (χ0) is 13.0. The van der Waals surface area contributed by atoms with E-state index >= 15 is 0 Å². The lowest BCUT2D eigenvalue weighted by Gasteiger charge is -2.24. The van der Waals surface area contributed by atoms with E-state index in [0.717, 1.165) is 6.42 Å². The normalized spacial score (nSPS) is 29.0. The van der Waals surface area contributed by atoms with Crippen LogP contribution in [0.1, 0.15) is 39.0 Å². The molecule has 0 radical (unpaired) electrons. The highest BCUT2D eigenvalue weighted by Gasteiger charge is 2.37. The molecule has 2 rings (SSSR count). The van der Waals surface area contributed by atoms with Crippen molar-refractivity contribution < 1.29 is 9.59 Å². The van der Waals surface area contributed by atoms with Crippen molar-refractivity contribution in [2.45, 2.75) is 51.1 Å². The molecule has 0 spiro atoms. The van der Waals surface area contributed by atoms with Crippen LogP contribution in [0.15, 0.2) is 0 Å². The van der Waals surface area contributed by atoms with E-state index in [-0.39, 0.29) is 30.3 Å². The van der Waals surface area contributed by atoms with Crippen LogP contribution in [0.2, 0.25) is 0 Å². The molecule has 1 heterocycles. The number of hydrogen-bond donors (Lipinski definition) is 3. The molecular formula is C13H24ClN3O2. The van der Waals surface area contributed by atoms with Gasteiger partial charge in [0.05, 0.1) is 6.04 Å². The number of halogens is 1. The second-order valence-corrected chi connectivity index (χ2v) is 5.38. The molecule has 1 aliphatic carbocycles. The summed E-state index contributed by atoms with van der Waals surface area (Å²) in [5.41, 5.74) is 0. The molecule has 3 N–H and O–H groups in total. The zero-order valence-electron chi connectivity index (χ0n) is 11.4. The predicted molar refractivity (Wildman–Crippen MR) is 76.2 cm³/mol. The molecule has 0 aromatic rings. The van der Waals surface area contributed by atoms with Gasteiger partial charge in [-0.15, -0.1) is 12.4 Å². The van der Waals surface area contributed by atoms with Crippen LogP contribution in [0.3, 0.4) is 0 Å². The summed E-state index contributed by atoms with van der Waals surface area (Å²) in [5, 5.41) is 8.98. The van der Waals surface area contributed by atoms with Crippen LogP contribution < -0.4 is 16.0 Å². The summed E-state index contributed by atoms with van der Waals surface area (Å²) in [5.74, 6) is 0.703. The summed E-state index contributed by atoms with van der Waals surface area (Å²) in [4.78, 5) is 22.6. The van der Waals surface area contributed by atoms with Crippen LogP contribution in [0.25, 0.3) is 0 Å². The van der Waals surface area contributed by atoms with Gasteiger partial charge in [0, 0.05) is 26.1 Å². The SMILES string of the molecule is CC(=O)NCCNC(=O)C1CC2CCCCC2N1.Cl. The van der Waals surface area contributed by atoms with E-state index in [1.807, 2.05) is 0 Å². The minimum atomic E-state index is -0.0609. The molecule has 2 fully saturated rings. The van der Waals surface area contributed by atoms with Crippen molar-refractivity contribution in [3.63, 3.8) is 0 Å². The fourth-order valence-electron chi connectivity index (χ4n) is 3.07. The fourth-order valence-corrected chi connectivity index (χ4v) is 3.07. The Bertz CT molecular complexity index is 311. The van der Waals surface area contributed by atoms with Crippen LogP contribution in [-0.4, -0.2) is 37.0 Å². The van der Waals surface area contributed by atoms with Crippen LogP contribution in [0.5, 0.6) is 0 Å². The molecule has 6 heteroatoms. The van der Waals surface area contributed by atoms with Crippen LogP contribution in [0.4, 0.5) is 0 Å². The first-order chi connectivity index (χ1) is 8.66. The van der Waals surface area contributed by atoms with Gasteiger partial charge in [0.2, 0.25) is 11.8 Å². The molecule has 1 aliphatic heterocycles. The molecule has 5 nitrogen and oxygen atoms in total. The third-order valence-electron chi connectivity index (χ3n) is 3.98. The van der Waals surface area contributed by atoms with Gasteiger partial charge in [-0.25, -0.2) is 0 Å². The smallest absolute Gasteiger partial charge is 0.237 e. The third-order valence-corrected chi connectivity index (χ3v) is 3.98. The molecule has 3 unspecified atom stereocenters. The first kappa shape index (κ1) is 16.2. The van der Waals surface area contributed by atoms with Gasteiger partial charge >= 0.3 is 0 Å². The third kappa shape index (κ3) is 4.66. The van der Waals surface area contributed by atoms with Crippen molar-refractivity contribution in [1.29, 1.82) is 0 Å². The summed E-state index contributed by atoms with van der Waals surface area (Å²) in [6, 6.07) is 0.514. The minimum absolute atomic E-state index is 0. The van der Waals surface area contributed by atoms with Crippen molar-refractivity contribution >= 4 is 24.2 Å². The highest BCUT2D eigenvalue weighted by atomic mass is 35.5.